The van der Waals surface area contributed by atoms with Crippen LogP contribution in [0.15, 0.2) is 36.4 Å². The van der Waals surface area contributed by atoms with Crippen molar-refractivity contribution in [3.8, 4) is 23.6 Å². The minimum absolute atomic E-state index is 0.169. The largest absolute Gasteiger partial charge is 0.493 e. The molecule has 0 aromatic heterocycles. The third-order valence-corrected chi connectivity index (χ3v) is 3.56. The summed E-state index contributed by atoms with van der Waals surface area (Å²) in [5, 5.41) is 20.7. The summed E-state index contributed by atoms with van der Waals surface area (Å²) in [7, 11) is 1.41. The number of hydrogen-bond donors (Lipinski definition) is 1. The van der Waals surface area contributed by atoms with Crippen LogP contribution in [0.3, 0.4) is 0 Å². The van der Waals surface area contributed by atoms with Crippen molar-refractivity contribution < 1.29 is 14.3 Å². The Morgan fingerprint density at radius 1 is 1.20 bits per heavy atom. The number of nitrogens with zero attached hydrogens (tertiary/aromatic N) is 2. The summed E-state index contributed by atoms with van der Waals surface area (Å²) >= 11 is 6.12. The Hall–Kier alpha value is -3.22. The van der Waals surface area contributed by atoms with Crippen LogP contribution in [0.5, 0.6) is 11.5 Å². The number of hydrogen-bond acceptors (Lipinski definition) is 5. The van der Waals surface area contributed by atoms with Crippen molar-refractivity contribution in [2.24, 2.45) is 0 Å². The summed E-state index contributed by atoms with van der Waals surface area (Å²) in [6.07, 6.45) is -0.884. The predicted molar refractivity (Wildman–Crippen MR) is 92.6 cm³/mol. The van der Waals surface area contributed by atoms with Gasteiger partial charge in [-0.15, -0.1) is 0 Å². The molecule has 1 amide bonds. The number of carbonyl (C=O) groups excluding carboxylic acids is 1. The number of methoxy groups -OCH3 is 1. The molecular weight excluding hydrogens is 342 g/mol. The molecule has 7 heteroatoms. The number of carbonyl (C=O) groups is 1. The summed E-state index contributed by atoms with van der Waals surface area (Å²) in [5.74, 6) is 0.0179. The van der Waals surface area contributed by atoms with Gasteiger partial charge in [-0.2, -0.15) is 10.5 Å². The Balaban J connectivity index is 2.16. The van der Waals surface area contributed by atoms with Crippen LogP contribution in [-0.4, -0.2) is 19.1 Å². The summed E-state index contributed by atoms with van der Waals surface area (Å²) in [4.78, 5) is 12.3. The molecule has 2 aromatic rings. The van der Waals surface area contributed by atoms with Crippen LogP contribution in [0.2, 0.25) is 5.02 Å². The molecule has 1 atom stereocenters. The van der Waals surface area contributed by atoms with Crippen LogP contribution in [0.1, 0.15) is 18.1 Å². The van der Waals surface area contributed by atoms with Crippen molar-refractivity contribution in [2.75, 3.05) is 12.4 Å². The number of amides is 1. The molecule has 0 bridgehead atoms. The van der Waals surface area contributed by atoms with Crippen LogP contribution in [0.25, 0.3) is 0 Å². The second kappa shape index (κ2) is 8.05. The quantitative estimate of drug-likeness (QED) is 0.885. The number of ether oxygens (including phenoxy) is 2. The molecule has 126 valence electrons. The Bertz CT molecular complexity index is 884. The topological polar surface area (TPSA) is 95.1 Å². The van der Waals surface area contributed by atoms with Gasteiger partial charge in [0.1, 0.15) is 0 Å². The fourth-order valence-electron chi connectivity index (χ4n) is 2.04. The Kier molecular flexibility index (Phi) is 5.84. The highest BCUT2D eigenvalue weighted by atomic mass is 35.5. The molecule has 1 N–H and O–H groups in total. The van der Waals surface area contributed by atoms with Gasteiger partial charge >= 0.3 is 0 Å². The van der Waals surface area contributed by atoms with Crippen LogP contribution < -0.4 is 14.8 Å². The van der Waals surface area contributed by atoms with Gasteiger partial charge in [-0.05, 0) is 31.2 Å². The van der Waals surface area contributed by atoms with E-state index in [4.69, 9.17) is 31.6 Å². The SMILES string of the molecule is COc1cc(C#N)cc(Cl)c1O[C@H](C)C(=O)Nc1cccc(C#N)c1. The Labute approximate surface area is 150 Å². The lowest BCUT2D eigenvalue weighted by molar-refractivity contribution is -0.122. The molecule has 0 heterocycles. The van der Waals surface area contributed by atoms with E-state index in [1.807, 2.05) is 12.1 Å². The Morgan fingerprint density at radius 2 is 1.92 bits per heavy atom. The third-order valence-electron chi connectivity index (χ3n) is 3.28. The summed E-state index contributed by atoms with van der Waals surface area (Å²) in [6, 6.07) is 13.4. The fraction of sp³-hybridized carbons (Fsp3) is 0.167. The van der Waals surface area contributed by atoms with E-state index in [9.17, 15) is 4.79 Å². The number of halogens is 1. The predicted octanol–water partition coefficient (Wildman–Crippen LogP) is 3.50. The first-order chi connectivity index (χ1) is 12.0. The summed E-state index contributed by atoms with van der Waals surface area (Å²) in [5.41, 5.74) is 1.24. The number of rotatable bonds is 5. The van der Waals surface area contributed by atoms with E-state index in [2.05, 4.69) is 5.32 Å². The van der Waals surface area contributed by atoms with Crippen LogP contribution in [0, 0.1) is 22.7 Å². The first-order valence-electron chi connectivity index (χ1n) is 7.23. The van der Waals surface area contributed by atoms with Gasteiger partial charge in [0, 0.05) is 11.8 Å². The van der Waals surface area contributed by atoms with Crippen molar-refractivity contribution in [3.05, 3.63) is 52.5 Å². The van der Waals surface area contributed by atoms with Crippen molar-refractivity contribution >= 4 is 23.2 Å². The zero-order chi connectivity index (χ0) is 18.4. The average Bonchev–Trinajstić information content (AvgIpc) is 2.62. The van der Waals surface area contributed by atoms with E-state index in [0.29, 0.717) is 16.8 Å². The molecule has 0 aliphatic carbocycles. The highest BCUT2D eigenvalue weighted by Crippen LogP contribution is 2.37. The molecule has 2 aromatic carbocycles. The van der Waals surface area contributed by atoms with E-state index in [1.54, 1.807) is 31.2 Å². The monoisotopic (exact) mass is 355 g/mol. The van der Waals surface area contributed by atoms with Gasteiger partial charge < -0.3 is 14.8 Å². The standard InChI is InChI=1S/C18H14ClN3O3/c1-11(18(23)22-14-5-3-4-12(6-14)9-20)25-17-15(19)7-13(10-21)8-16(17)24-2/h3-8,11H,1-2H3,(H,22,23)/t11-/m1/s1. The van der Waals surface area contributed by atoms with Gasteiger partial charge in [0.05, 0.1) is 35.4 Å². The highest BCUT2D eigenvalue weighted by Gasteiger charge is 2.20. The maximum atomic E-state index is 12.3. The molecule has 0 aliphatic rings. The highest BCUT2D eigenvalue weighted by molar-refractivity contribution is 6.32. The average molecular weight is 356 g/mol. The van der Waals surface area contributed by atoms with Gasteiger partial charge in [0.2, 0.25) is 0 Å². The van der Waals surface area contributed by atoms with E-state index < -0.39 is 12.0 Å². The van der Waals surface area contributed by atoms with Gasteiger partial charge in [-0.3, -0.25) is 4.79 Å². The minimum atomic E-state index is -0.884. The summed E-state index contributed by atoms with van der Waals surface area (Å²) in [6.45, 7) is 1.55. The molecule has 25 heavy (non-hydrogen) atoms. The number of nitrogens with one attached hydrogen (secondary N) is 1. The Morgan fingerprint density at radius 3 is 2.56 bits per heavy atom. The molecule has 0 aliphatic heterocycles. The van der Waals surface area contributed by atoms with Crippen LogP contribution >= 0.6 is 11.6 Å². The maximum absolute atomic E-state index is 12.3. The minimum Gasteiger partial charge on any atom is -0.493 e. The van der Waals surface area contributed by atoms with Crippen LogP contribution in [-0.2, 0) is 4.79 Å². The van der Waals surface area contributed by atoms with Crippen molar-refractivity contribution in [3.63, 3.8) is 0 Å². The number of anilines is 1. The zero-order valence-electron chi connectivity index (χ0n) is 13.5. The first-order valence-corrected chi connectivity index (χ1v) is 7.61. The zero-order valence-corrected chi connectivity index (χ0v) is 14.3. The van der Waals surface area contributed by atoms with E-state index >= 15 is 0 Å². The third kappa shape index (κ3) is 4.41. The first kappa shape index (κ1) is 18.1. The fourth-order valence-corrected chi connectivity index (χ4v) is 2.29. The molecular formula is C18H14ClN3O3. The smallest absolute Gasteiger partial charge is 0.265 e. The lowest BCUT2D eigenvalue weighted by atomic mass is 10.2. The molecule has 0 fully saturated rings. The van der Waals surface area contributed by atoms with Gasteiger partial charge in [0.25, 0.3) is 5.91 Å². The van der Waals surface area contributed by atoms with E-state index in [1.165, 1.54) is 19.2 Å². The second-order valence-electron chi connectivity index (χ2n) is 5.04. The van der Waals surface area contributed by atoms with E-state index in [-0.39, 0.29) is 16.5 Å². The van der Waals surface area contributed by atoms with Crippen molar-refractivity contribution in [1.82, 2.24) is 0 Å². The molecule has 6 nitrogen and oxygen atoms in total. The number of benzene rings is 2. The van der Waals surface area contributed by atoms with Crippen molar-refractivity contribution in [2.45, 2.75) is 13.0 Å². The molecule has 0 saturated carbocycles. The van der Waals surface area contributed by atoms with Gasteiger partial charge in [-0.25, -0.2) is 0 Å². The normalized spacial score (nSPS) is 10.9. The lowest BCUT2D eigenvalue weighted by Gasteiger charge is -2.18. The molecule has 2 rings (SSSR count). The molecule has 0 saturated heterocycles. The maximum Gasteiger partial charge on any atom is 0.265 e. The molecule has 0 spiro atoms. The lowest BCUT2D eigenvalue weighted by Crippen LogP contribution is -2.30. The van der Waals surface area contributed by atoms with Crippen molar-refractivity contribution in [1.29, 1.82) is 10.5 Å². The molecule has 0 unspecified atom stereocenters. The van der Waals surface area contributed by atoms with Gasteiger partial charge in [-0.1, -0.05) is 17.7 Å². The van der Waals surface area contributed by atoms with Gasteiger partial charge in [0.15, 0.2) is 17.6 Å². The van der Waals surface area contributed by atoms with Crippen LogP contribution in [0.4, 0.5) is 5.69 Å². The number of nitriles is 2. The van der Waals surface area contributed by atoms with E-state index in [0.717, 1.165) is 0 Å². The second-order valence-corrected chi connectivity index (χ2v) is 5.45. The summed E-state index contributed by atoms with van der Waals surface area (Å²) < 4.78 is 10.8. The molecule has 0 radical (unpaired) electrons.